The molecule has 0 spiro atoms. The van der Waals surface area contributed by atoms with Gasteiger partial charge in [-0.3, -0.25) is 4.79 Å². The summed E-state index contributed by atoms with van der Waals surface area (Å²) in [6.07, 6.45) is -0.0170. The topological polar surface area (TPSA) is 54.0 Å². The maximum Gasteiger partial charge on any atom is 0.201 e. The van der Waals surface area contributed by atoms with Crippen molar-refractivity contribution in [2.45, 2.75) is 169 Å². The first-order chi connectivity index (χ1) is 18.4. The molecule has 3 aliphatic rings. The van der Waals surface area contributed by atoms with Crippen LogP contribution < -0.4 is 0 Å². The Morgan fingerprint density at radius 1 is 0.878 bits per heavy atom. The molecule has 41 heavy (non-hydrogen) atoms. The summed E-state index contributed by atoms with van der Waals surface area (Å²) >= 11 is 0. The van der Waals surface area contributed by atoms with Gasteiger partial charge in [0, 0.05) is 11.5 Å². The van der Waals surface area contributed by atoms with Gasteiger partial charge in [-0.2, -0.15) is 0 Å². The fourth-order valence-corrected chi connectivity index (χ4v) is 14.4. The summed E-state index contributed by atoms with van der Waals surface area (Å²) in [5.41, 5.74) is 5.17. The number of fused-ring (bicyclic) bond motifs is 4. The summed E-state index contributed by atoms with van der Waals surface area (Å²) in [5.74, 6) is -0.776. The van der Waals surface area contributed by atoms with Gasteiger partial charge in [0.1, 0.15) is 12.2 Å². The Hall–Kier alpha value is -0.576. The van der Waals surface area contributed by atoms with Crippen LogP contribution in [0.5, 0.6) is 0 Å². The van der Waals surface area contributed by atoms with Crippen LogP contribution in [0.3, 0.4) is 0 Å². The predicted octanol–water partition coefficient (Wildman–Crippen LogP) is 9.35. The van der Waals surface area contributed by atoms with Crippen LogP contribution >= 0.6 is 0 Å². The highest BCUT2D eigenvalue weighted by Gasteiger charge is 2.57. The molecule has 0 amide bonds. The van der Waals surface area contributed by atoms with Crippen LogP contribution in [-0.2, 0) is 23.1 Å². The van der Waals surface area contributed by atoms with E-state index in [9.17, 15) is 4.79 Å². The van der Waals surface area contributed by atoms with E-state index in [-0.39, 0.29) is 35.1 Å². The molecule has 3 rings (SSSR count). The van der Waals surface area contributed by atoms with Gasteiger partial charge in [-0.1, -0.05) is 76.2 Å². The van der Waals surface area contributed by atoms with Crippen molar-refractivity contribution in [3.05, 3.63) is 22.3 Å². The van der Waals surface area contributed by atoms with Crippen LogP contribution in [0.2, 0.25) is 34.8 Å². The summed E-state index contributed by atoms with van der Waals surface area (Å²) < 4.78 is 27.6. The smallest absolute Gasteiger partial charge is 0.201 e. The molecule has 0 saturated carbocycles. The number of Topliss-reactive ketones (excluding diaryl/α,β-unsaturated/α-hetero) is 1. The van der Waals surface area contributed by atoms with Crippen molar-refractivity contribution in [1.82, 2.24) is 0 Å². The van der Waals surface area contributed by atoms with Crippen LogP contribution in [0.15, 0.2) is 22.3 Å². The van der Waals surface area contributed by atoms with Crippen LogP contribution in [0.25, 0.3) is 0 Å². The number of hydrogen-bond acceptors (Lipinski definition) is 5. The van der Waals surface area contributed by atoms with Gasteiger partial charge in [-0.15, -0.1) is 0 Å². The lowest BCUT2D eigenvalue weighted by atomic mass is 9.59. The van der Waals surface area contributed by atoms with E-state index < -0.39 is 27.8 Å². The van der Waals surface area contributed by atoms with E-state index in [0.717, 1.165) is 11.1 Å². The molecule has 0 N–H and O–H groups in total. The number of carbonyl (C=O) groups excluding carboxylic acids is 1. The number of carbonyl (C=O) groups is 1. The fourth-order valence-electron chi connectivity index (χ4n) is 7.89. The zero-order valence-corrected chi connectivity index (χ0v) is 31.5. The second kappa shape index (κ2) is 11.4. The summed E-state index contributed by atoms with van der Waals surface area (Å²) in [5, 5.41) is 0.0538. The Balaban J connectivity index is 2.22. The Labute approximate surface area is 254 Å². The van der Waals surface area contributed by atoms with Crippen LogP contribution in [-0.4, -0.2) is 53.1 Å². The van der Waals surface area contributed by atoms with Crippen molar-refractivity contribution in [3.63, 3.8) is 0 Å². The molecule has 0 aromatic carbocycles. The molecule has 1 fully saturated rings. The zero-order valence-electron chi connectivity index (χ0n) is 29.5. The molecule has 1 aliphatic heterocycles. The van der Waals surface area contributed by atoms with Gasteiger partial charge in [-0.05, 0) is 91.0 Å². The summed E-state index contributed by atoms with van der Waals surface area (Å²) in [6, 6.07) is 0. The maximum atomic E-state index is 14.8. The predicted molar refractivity (Wildman–Crippen MR) is 175 cm³/mol. The second-order valence-corrected chi connectivity index (χ2v) is 26.8. The lowest BCUT2D eigenvalue weighted by Gasteiger charge is -2.51. The van der Waals surface area contributed by atoms with Gasteiger partial charge >= 0.3 is 0 Å². The van der Waals surface area contributed by atoms with E-state index in [1.54, 1.807) is 0 Å². The highest BCUT2D eigenvalue weighted by atomic mass is 28.4. The molecule has 2 bridgehead atoms. The summed E-state index contributed by atoms with van der Waals surface area (Å²) in [4.78, 5) is 14.8. The van der Waals surface area contributed by atoms with Gasteiger partial charge in [0.25, 0.3) is 0 Å². The molecule has 0 radical (unpaired) electrons. The number of rotatable bonds is 8. The van der Waals surface area contributed by atoms with Gasteiger partial charge in [0.15, 0.2) is 19.9 Å². The molecule has 0 unspecified atom stereocenters. The highest BCUT2D eigenvalue weighted by molar-refractivity contribution is 6.77. The molecular formula is C34H62O5Si2. The molecule has 5 nitrogen and oxygen atoms in total. The first-order valence-electron chi connectivity index (χ1n) is 16.0. The average molecular weight is 607 g/mol. The molecule has 7 heteroatoms. The summed E-state index contributed by atoms with van der Waals surface area (Å²) in [7, 11) is -4.29. The lowest BCUT2D eigenvalue weighted by Crippen LogP contribution is -2.55. The van der Waals surface area contributed by atoms with Crippen molar-refractivity contribution < 1.29 is 23.1 Å². The van der Waals surface area contributed by atoms with E-state index in [2.05, 4.69) is 103 Å². The largest absolute Gasteiger partial charge is 0.412 e. The first kappa shape index (κ1) is 34.9. The molecule has 1 heterocycles. The second-order valence-electron chi connectivity index (χ2n) is 16.6. The maximum absolute atomic E-state index is 14.8. The third kappa shape index (κ3) is 6.06. The minimum absolute atomic E-state index is 0.0538. The summed E-state index contributed by atoms with van der Waals surface area (Å²) in [6.45, 7) is 38.3. The molecule has 0 aromatic rings. The Morgan fingerprint density at radius 2 is 1.37 bits per heavy atom. The SMILES string of the molecule is CC1=C2[C@@H]3OC(C)(C)O[C@H]3/C(C)=C(/CO[Si](C)(C)C(C)(C)C)C(=O)[C@@H](C[C@@H]1O[Si](C(C)C)(C(C)C)C(C)C)C2(C)C. The van der Waals surface area contributed by atoms with Crippen molar-refractivity contribution in [1.29, 1.82) is 0 Å². The van der Waals surface area contributed by atoms with Crippen molar-refractivity contribution in [3.8, 4) is 0 Å². The lowest BCUT2D eigenvalue weighted by molar-refractivity contribution is -0.142. The Morgan fingerprint density at radius 3 is 1.83 bits per heavy atom. The van der Waals surface area contributed by atoms with Gasteiger partial charge in [0.05, 0.1) is 12.7 Å². The minimum atomic E-state index is -2.20. The van der Waals surface area contributed by atoms with Crippen LogP contribution in [0.1, 0.15) is 110 Å². The Bertz CT molecular complexity index is 1050. The van der Waals surface area contributed by atoms with Gasteiger partial charge < -0.3 is 18.3 Å². The van der Waals surface area contributed by atoms with Gasteiger partial charge in [0.2, 0.25) is 8.32 Å². The number of ketones is 1. The third-order valence-electron chi connectivity index (χ3n) is 11.3. The normalized spacial score (nSPS) is 30.8. The molecule has 236 valence electrons. The number of ether oxygens (including phenoxy) is 2. The van der Waals surface area contributed by atoms with E-state index in [1.165, 1.54) is 11.1 Å². The van der Waals surface area contributed by atoms with Crippen molar-refractivity contribution in [2.75, 3.05) is 6.61 Å². The van der Waals surface area contributed by atoms with Crippen LogP contribution in [0, 0.1) is 11.3 Å². The quantitative estimate of drug-likeness (QED) is 0.204. The fraction of sp³-hybridized carbons (Fsp3) is 0.853. The van der Waals surface area contributed by atoms with Crippen molar-refractivity contribution in [2.24, 2.45) is 11.3 Å². The minimum Gasteiger partial charge on any atom is -0.412 e. The Kier molecular flexibility index (Phi) is 9.71. The first-order valence-corrected chi connectivity index (χ1v) is 21.1. The van der Waals surface area contributed by atoms with E-state index in [1.807, 2.05) is 13.8 Å². The van der Waals surface area contributed by atoms with Crippen molar-refractivity contribution >= 4 is 22.4 Å². The van der Waals surface area contributed by atoms with E-state index in [0.29, 0.717) is 29.7 Å². The third-order valence-corrected chi connectivity index (χ3v) is 21.8. The van der Waals surface area contributed by atoms with Crippen LogP contribution in [0.4, 0.5) is 0 Å². The number of hydrogen-bond donors (Lipinski definition) is 0. The standard InChI is InChI=1S/C34H62O5Si2/c1-20(2)41(21(3)4,22(5)6)39-27-18-26-29(35)25(19-36-40(16,17)32(9,10)11)23(7)30-31(38-34(14,15)37-30)28(24(27)8)33(26,12)13/h20-22,26-27,30-31H,18-19H2,1-17H3/b25-23-/t26-,27+,30+,31+/m1/s1. The average Bonchev–Trinajstić information content (AvgIpc) is 3.10. The van der Waals surface area contributed by atoms with Gasteiger partial charge in [-0.25, -0.2) is 0 Å². The molecular weight excluding hydrogens is 545 g/mol. The monoisotopic (exact) mass is 606 g/mol. The molecule has 4 atom stereocenters. The highest BCUT2D eigenvalue weighted by Crippen LogP contribution is 2.55. The molecule has 0 aromatic heterocycles. The van der Waals surface area contributed by atoms with E-state index in [4.69, 9.17) is 18.3 Å². The van der Waals surface area contributed by atoms with E-state index >= 15 is 0 Å². The molecule has 2 aliphatic carbocycles. The molecule has 1 saturated heterocycles. The zero-order chi connectivity index (χ0) is 31.7.